The van der Waals surface area contributed by atoms with Crippen molar-refractivity contribution < 1.29 is 13.0 Å². The van der Waals surface area contributed by atoms with E-state index < -0.39 is 10.1 Å². The van der Waals surface area contributed by atoms with Crippen LogP contribution in [0.1, 0.15) is 75.6 Å². The fraction of sp³-hybridized carbons (Fsp3) is 0.545. The van der Waals surface area contributed by atoms with Crippen LogP contribution in [0.25, 0.3) is 10.8 Å². The number of aryl methyl sites for hydroxylation is 2. The Balaban J connectivity index is 3.09. The summed E-state index contributed by atoms with van der Waals surface area (Å²) in [6.07, 6.45) is 7.21. The summed E-state index contributed by atoms with van der Waals surface area (Å²) in [4.78, 5) is 0.149. The van der Waals surface area contributed by atoms with Crippen molar-refractivity contribution >= 4 is 20.9 Å². The molecule has 3 nitrogen and oxygen atoms in total. The molecule has 26 heavy (non-hydrogen) atoms. The van der Waals surface area contributed by atoms with E-state index >= 15 is 0 Å². The predicted molar refractivity (Wildman–Crippen MR) is 110 cm³/mol. The molecule has 0 aliphatic carbocycles. The normalized spacial score (nSPS) is 12.0. The second-order valence-corrected chi connectivity index (χ2v) is 8.44. The lowest BCUT2D eigenvalue weighted by molar-refractivity contribution is 0.483. The minimum absolute atomic E-state index is 0.149. The number of hydrogen-bond donors (Lipinski definition) is 1. The van der Waals surface area contributed by atoms with Crippen molar-refractivity contribution in [2.24, 2.45) is 0 Å². The molecule has 0 aromatic heterocycles. The van der Waals surface area contributed by atoms with Gasteiger partial charge in [-0.1, -0.05) is 71.6 Å². The maximum absolute atomic E-state index is 12.4. The van der Waals surface area contributed by atoms with E-state index in [4.69, 9.17) is 0 Å². The zero-order valence-electron chi connectivity index (χ0n) is 16.6. The van der Waals surface area contributed by atoms with Crippen LogP contribution in [-0.4, -0.2) is 13.0 Å². The SMILES string of the molecule is CCCc1c(CCC)c(CCC)c2c(CCC)cccc2c1S(=O)(=O)O. The fourth-order valence-corrected chi connectivity index (χ4v) is 5.13. The number of fused-ring (bicyclic) bond motifs is 1. The molecule has 2 aromatic carbocycles. The van der Waals surface area contributed by atoms with Crippen molar-refractivity contribution in [2.45, 2.75) is 84.0 Å². The molecule has 0 spiro atoms. The van der Waals surface area contributed by atoms with Crippen molar-refractivity contribution in [2.75, 3.05) is 0 Å². The van der Waals surface area contributed by atoms with Gasteiger partial charge >= 0.3 is 0 Å². The van der Waals surface area contributed by atoms with Crippen LogP contribution < -0.4 is 0 Å². The Kier molecular flexibility index (Phi) is 7.24. The van der Waals surface area contributed by atoms with Crippen molar-refractivity contribution in [3.63, 3.8) is 0 Å². The number of rotatable bonds is 9. The first-order valence-corrected chi connectivity index (χ1v) is 11.4. The van der Waals surface area contributed by atoms with Gasteiger partial charge in [0.05, 0.1) is 0 Å². The first kappa shape index (κ1) is 20.9. The zero-order chi connectivity index (χ0) is 19.3. The van der Waals surface area contributed by atoms with Crippen LogP contribution in [0.5, 0.6) is 0 Å². The van der Waals surface area contributed by atoms with Gasteiger partial charge in [0.1, 0.15) is 4.90 Å². The Morgan fingerprint density at radius 1 is 0.769 bits per heavy atom. The molecule has 4 heteroatoms. The summed E-state index contributed by atoms with van der Waals surface area (Å²) < 4.78 is 34.9. The Bertz CT molecular complexity index is 867. The maximum Gasteiger partial charge on any atom is 0.295 e. The number of hydrogen-bond acceptors (Lipinski definition) is 2. The highest BCUT2D eigenvalue weighted by molar-refractivity contribution is 7.86. The van der Waals surface area contributed by atoms with E-state index in [0.717, 1.165) is 61.5 Å². The zero-order valence-corrected chi connectivity index (χ0v) is 17.4. The molecule has 0 aliphatic heterocycles. The minimum atomic E-state index is -4.29. The summed E-state index contributed by atoms with van der Waals surface area (Å²) in [5.74, 6) is 0. The molecule has 0 aliphatic rings. The molecule has 0 saturated heterocycles. The van der Waals surface area contributed by atoms with Crippen molar-refractivity contribution in [1.82, 2.24) is 0 Å². The monoisotopic (exact) mass is 376 g/mol. The molecule has 144 valence electrons. The van der Waals surface area contributed by atoms with Gasteiger partial charge in [-0.15, -0.1) is 0 Å². The smallest absolute Gasteiger partial charge is 0.282 e. The Morgan fingerprint density at radius 3 is 1.85 bits per heavy atom. The number of benzene rings is 2. The average molecular weight is 377 g/mol. The van der Waals surface area contributed by atoms with Crippen LogP contribution in [0, 0.1) is 0 Å². The van der Waals surface area contributed by atoms with E-state index in [1.807, 2.05) is 12.1 Å². The van der Waals surface area contributed by atoms with Crippen LogP contribution in [0.2, 0.25) is 0 Å². The molecule has 0 unspecified atom stereocenters. The van der Waals surface area contributed by atoms with Gasteiger partial charge in [-0.25, -0.2) is 0 Å². The molecular weight excluding hydrogens is 344 g/mol. The van der Waals surface area contributed by atoms with Gasteiger partial charge in [-0.05, 0) is 53.3 Å². The Morgan fingerprint density at radius 2 is 1.31 bits per heavy atom. The van der Waals surface area contributed by atoms with Gasteiger partial charge in [0.15, 0.2) is 0 Å². The third-order valence-electron chi connectivity index (χ3n) is 4.98. The predicted octanol–water partition coefficient (Wildman–Crippen LogP) is 5.90. The molecular formula is C22H32O3S. The molecule has 2 rings (SSSR count). The summed E-state index contributed by atoms with van der Waals surface area (Å²) in [5, 5.41) is 1.76. The van der Waals surface area contributed by atoms with Gasteiger partial charge in [0, 0.05) is 5.39 Å². The fourth-order valence-electron chi connectivity index (χ4n) is 4.14. The molecule has 0 amide bonds. The maximum atomic E-state index is 12.4. The lowest BCUT2D eigenvalue weighted by Gasteiger charge is -2.23. The van der Waals surface area contributed by atoms with E-state index in [-0.39, 0.29) is 4.90 Å². The summed E-state index contributed by atoms with van der Waals surface area (Å²) in [5.41, 5.74) is 4.48. The van der Waals surface area contributed by atoms with Crippen LogP contribution in [0.3, 0.4) is 0 Å². The van der Waals surface area contributed by atoms with Crippen molar-refractivity contribution in [3.8, 4) is 0 Å². The topological polar surface area (TPSA) is 54.4 Å². The summed E-state index contributed by atoms with van der Waals surface area (Å²) in [7, 11) is -4.29. The van der Waals surface area contributed by atoms with Crippen LogP contribution in [0.4, 0.5) is 0 Å². The third-order valence-corrected chi connectivity index (χ3v) is 5.96. The highest BCUT2D eigenvalue weighted by Gasteiger charge is 2.26. The average Bonchev–Trinajstić information content (AvgIpc) is 2.57. The van der Waals surface area contributed by atoms with Gasteiger partial charge in [-0.3, -0.25) is 4.55 Å². The van der Waals surface area contributed by atoms with E-state index in [1.165, 1.54) is 11.1 Å². The minimum Gasteiger partial charge on any atom is -0.282 e. The van der Waals surface area contributed by atoms with Crippen LogP contribution in [0.15, 0.2) is 23.1 Å². The third kappa shape index (κ3) is 4.12. The molecule has 0 atom stereocenters. The first-order chi connectivity index (χ1) is 12.4. The van der Waals surface area contributed by atoms with E-state index in [2.05, 4.69) is 33.8 Å². The van der Waals surface area contributed by atoms with Gasteiger partial charge < -0.3 is 0 Å². The summed E-state index contributed by atoms with van der Waals surface area (Å²) in [6.45, 7) is 8.49. The highest BCUT2D eigenvalue weighted by atomic mass is 32.2. The highest BCUT2D eigenvalue weighted by Crippen LogP contribution is 2.38. The van der Waals surface area contributed by atoms with Gasteiger partial charge in [0.25, 0.3) is 10.1 Å². The first-order valence-electron chi connectivity index (χ1n) is 9.96. The Labute approximate surface area is 158 Å². The molecule has 2 aromatic rings. The van der Waals surface area contributed by atoms with Gasteiger partial charge in [-0.2, -0.15) is 8.42 Å². The second kappa shape index (κ2) is 9.01. The molecule has 1 N–H and O–H groups in total. The molecule has 0 heterocycles. The van der Waals surface area contributed by atoms with Gasteiger partial charge in [0.2, 0.25) is 0 Å². The second-order valence-electron chi connectivity index (χ2n) is 7.08. The van der Waals surface area contributed by atoms with E-state index in [0.29, 0.717) is 11.8 Å². The lowest BCUT2D eigenvalue weighted by atomic mass is 9.85. The largest absolute Gasteiger partial charge is 0.295 e. The molecule has 0 radical (unpaired) electrons. The molecule has 0 saturated carbocycles. The quantitative estimate of drug-likeness (QED) is 0.555. The molecule has 0 bridgehead atoms. The van der Waals surface area contributed by atoms with Crippen molar-refractivity contribution in [1.29, 1.82) is 0 Å². The standard InChI is InChI=1S/C22H32O3S/c1-5-10-16-14-9-15-20-21(16)18(12-7-3)17(11-6-2)19(13-8-4)22(20)26(23,24)25/h9,14-15H,5-8,10-13H2,1-4H3,(H,23,24,25). The lowest BCUT2D eigenvalue weighted by Crippen LogP contribution is -2.12. The molecule has 0 fully saturated rings. The van der Waals surface area contributed by atoms with E-state index in [1.54, 1.807) is 0 Å². The Hall–Kier alpha value is -1.39. The van der Waals surface area contributed by atoms with E-state index in [9.17, 15) is 13.0 Å². The summed E-state index contributed by atoms with van der Waals surface area (Å²) >= 11 is 0. The van der Waals surface area contributed by atoms with Crippen molar-refractivity contribution in [3.05, 3.63) is 40.5 Å². The van der Waals surface area contributed by atoms with Crippen LogP contribution >= 0.6 is 0 Å². The summed E-state index contributed by atoms with van der Waals surface area (Å²) in [6, 6.07) is 5.90. The van der Waals surface area contributed by atoms with Crippen LogP contribution in [-0.2, 0) is 35.8 Å².